The topological polar surface area (TPSA) is 27.7 Å². The second-order valence-electron chi connectivity index (χ2n) is 10.1. The van der Waals surface area contributed by atoms with Crippen molar-refractivity contribution in [3.63, 3.8) is 0 Å². The Labute approximate surface area is 218 Å². The Bertz CT molecular complexity index is 528. The lowest BCUT2D eigenvalue weighted by Gasteiger charge is -2.09. The van der Waals surface area contributed by atoms with E-state index in [1.165, 1.54) is 128 Å². The molecule has 0 aliphatic carbocycles. The van der Waals surface area contributed by atoms with Crippen LogP contribution in [0.15, 0.2) is 24.3 Å². The number of rotatable bonds is 27. The van der Waals surface area contributed by atoms with Crippen LogP contribution in [0.4, 0.5) is 0 Å². The van der Waals surface area contributed by atoms with Gasteiger partial charge in [0.25, 0.3) is 0 Å². The molecular formula is C32H58O3. The van der Waals surface area contributed by atoms with Gasteiger partial charge >= 0.3 is 0 Å². The molecule has 0 fully saturated rings. The normalized spacial score (nSPS) is 11.3. The monoisotopic (exact) mass is 490 g/mol. The molecule has 3 nitrogen and oxygen atoms in total. The van der Waals surface area contributed by atoms with Crippen molar-refractivity contribution in [1.82, 2.24) is 0 Å². The zero-order chi connectivity index (χ0) is 25.1. The zero-order valence-corrected chi connectivity index (χ0v) is 23.5. The van der Waals surface area contributed by atoms with Crippen molar-refractivity contribution in [1.29, 1.82) is 0 Å². The third-order valence-corrected chi connectivity index (χ3v) is 6.75. The van der Waals surface area contributed by atoms with Gasteiger partial charge in [-0.3, -0.25) is 0 Å². The molecule has 204 valence electrons. The fourth-order valence-electron chi connectivity index (χ4n) is 4.45. The number of aryl methyl sites for hydroxylation is 1. The molecule has 0 unspecified atom stereocenters. The molecule has 0 spiro atoms. The SMILES string of the molecule is CCCCCCCCCCCCCOCCOCCOc1ccc(CCCCCCCCC)cc1. The Morgan fingerprint density at radius 3 is 1.40 bits per heavy atom. The standard InChI is InChI=1S/C32H58O3/c1-3-5-7-9-11-12-13-14-16-18-20-26-33-27-28-34-29-30-35-32-24-22-31(23-25-32)21-19-17-15-10-8-6-4-2/h22-25H,3-21,26-30H2,1-2H3. The van der Waals surface area contributed by atoms with E-state index in [1.54, 1.807) is 0 Å². The maximum atomic E-state index is 5.80. The molecule has 0 saturated heterocycles. The average Bonchev–Trinajstić information content (AvgIpc) is 2.88. The summed E-state index contributed by atoms with van der Waals surface area (Å²) in [5.41, 5.74) is 1.41. The van der Waals surface area contributed by atoms with Crippen LogP contribution < -0.4 is 4.74 Å². The van der Waals surface area contributed by atoms with Crippen LogP contribution in [0.2, 0.25) is 0 Å². The molecule has 1 aromatic carbocycles. The summed E-state index contributed by atoms with van der Waals surface area (Å²) < 4.78 is 17.1. The van der Waals surface area contributed by atoms with Crippen LogP contribution in [0.1, 0.15) is 135 Å². The third-order valence-electron chi connectivity index (χ3n) is 6.75. The van der Waals surface area contributed by atoms with Gasteiger partial charge in [0.05, 0.1) is 19.8 Å². The van der Waals surface area contributed by atoms with Gasteiger partial charge in [0, 0.05) is 6.61 Å². The van der Waals surface area contributed by atoms with Gasteiger partial charge in [0.2, 0.25) is 0 Å². The van der Waals surface area contributed by atoms with Crippen molar-refractivity contribution >= 4 is 0 Å². The Hall–Kier alpha value is -1.06. The van der Waals surface area contributed by atoms with Crippen molar-refractivity contribution in [2.45, 2.75) is 136 Å². The van der Waals surface area contributed by atoms with Crippen LogP contribution in [0, 0.1) is 0 Å². The molecular weight excluding hydrogens is 432 g/mol. The minimum atomic E-state index is 0.593. The first kappa shape index (κ1) is 32.0. The Morgan fingerprint density at radius 1 is 0.429 bits per heavy atom. The van der Waals surface area contributed by atoms with E-state index < -0.39 is 0 Å². The highest BCUT2D eigenvalue weighted by atomic mass is 16.5. The van der Waals surface area contributed by atoms with Crippen molar-refractivity contribution in [3.05, 3.63) is 29.8 Å². The van der Waals surface area contributed by atoms with E-state index in [0.29, 0.717) is 26.4 Å². The van der Waals surface area contributed by atoms with Crippen molar-refractivity contribution in [2.75, 3.05) is 33.0 Å². The number of hydrogen-bond donors (Lipinski definition) is 0. The summed E-state index contributed by atoms with van der Waals surface area (Å²) in [6, 6.07) is 8.59. The summed E-state index contributed by atoms with van der Waals surface area (Å²) >= 11 is 0. The molecule has 0 aliphatic rings. The largest absolute Gasteiger partial charge is 0.491 e. The maximum absolute atomic E-state index is 5.80. The van der Waals surface area contributed by atoms with Crippen molar-refractivity contribution < 1.29 is 14.2 Å². The van der Waals surface area contributed by atoms with Crippen molar-refractivity contribution in [2.24, 2.45) is 0 Å². The molecule has 3 heteroatoms. The van der Waals surface area contributed by atoms with Crippen LogP contribution in [0.3, 0.4) is 0 Å². The van der Waals surface area contributed by atoms with Gasteiger partial charge in [-0.05, 0) is 37.0 Å². The minimum absolute atomic E-state index is 0.593. The summed E-state index contributed by atoms with van der Waals surface area (Å²) in [5.74, 6) is 0.935. The quantitative estimate of drug-likeness (QED) is 0.115. The third kappa shape index (κ3) is 21.9. The first-order valence-corrected chi connectivity index (χ1v) is 15.2. The number of hydrogen-bond acceptors (Lipinski definition) is 3. The number of benzene rings is 1. The highest BCUT2D eigenvalue weighted by Crippen LogP contribution is 2.15. The van der Waals surface area contributed by atoms with Crippen LogP contribution in [-0.2, 0) is 15.9 Å². The van der Waals surface area contributed by atoms with Crippen molar-refractivity contribution in [3.8, 4) is 5.75 Å². The molecule has 0 saturated carbocycles. The highest BCUT2D eigenvalue weighted by Gasteiger charge is 1.98. The summed E-state index contributed by atoms with van der Waals surface area (Å²) in [6.07, 6.45) is 25.8. The Morgan fingerprint density at radius 2 is 0.857 bits per heavy atom. The lowest BCUT2D eigenvalue weighted by atomic mass is 10.0. The van der Waals surface area contributed by atoms with E-state index in [2.05, 4.69) is 38.1 Å². The molecule has 0 N–H and O–H groups in total. The van der Waals surface area contributed by atoms with Crippen LogP contribution in [-0.4, -0.2) is 33.0 Å². The van der Waals surface area contributed by atoms with Gasteiger partial charge < -0.3 is 14.2 Å². The second-order valence-corrected chi connectivity index (χ2v) is 10.1. The molecule has 35 heavy (non-hydrogen) atoms. The summed E-state index contributed by atoms with van der Waals surface area (Å²) in [4.78, 5) is 0. The molecule has 0 amide bonds. The van der Waals surface area contributed by atoms with E-state index >= 15 is 0 Å². The molecule has 0 aromatic heterocycles. The van der Waals surface area contributed by atoms with E-state index in [-0.39, 0.29) is 0 Å². The summed E-state index contributed by atoms with van der Waals surface area (Å²) in [7, 11) is 0. The lowest BCUT2D eigenvalue weighted by Crippen LogP contribution is -2.11. The molecule has 0 heterocycles. The fraction of sp³-hybridized carbons (Fsp3) is 0.812. The predicted molar refractivity (Wildman–Crippen MR) is 152 cm³/mol. The molecule has 1 aromatic rings. The fourth-order valence-corrected chi connectivity index (χ4v) is 4.45. The van der Waals surface area contributed by atoms with E-state index in [1.807, 2.05) is 0 Å². The smallest absolute Gasteiger partial charge is 0.119 e. The number of unbranched alkanes of at least 4 members (excludes halogenated alkanes) is 16. The highest BCUT2D eigenvalue weighted by molar-refractivity contribution is 5.27. The molecule has 1 rings (SSSR count). The summed E-state index contributed by atoms with van der Waals surface area (Å²) in [5, 5.41) is 0. The zero-order valence-electron chi connectivity index (χ0n) is 23.5. The Balaban J connectivity index is 1.81. The molecule has 0 radical (unpaired) electrons. The molecule has 0 aliphatic heterocycles. The van der Waals surface area contributed by atoms with Gasteiger partial charge in [-0.2, -0.15) is 0 Å². The van der Waals surface area contributed by atoms with Gasteiger partial charge in [-0.25, -0.2) is 0 Å². The first-order valence-electron chi connectivity index (χ1n) is 15.2. The Kier molecular flexibility index (Phi) is 23.8. The van der Waals surface area contributed by atoms with Gasteiger partial charge in [-0.1, -0.05) is 129 Å². The maximum Gasteiger partial charge on any atom is 0.119 e. The minimum Gasteiger partial charge on any atom is -0.491 e. The summed E-state index contributed by atoms with van der Waals surface area (Å²) in [6.45, 7) is 7.96. The van der Waals surface area contributed by atoms with E-state index in [4.69, 9.17) is 14.2 Å². The molecule has 0 atom stereocenters. The first-order chi connectivity index (χ1) is 17.4. The van der Waals surface area contributed by atoms with Crippen LogP contribution in [0.5, 0.6) is 5.75 Å². The number of ether oxygens (including phenoxy) is 3. The predicted octanol–water partition coefficient (Wildman–Crippen LogP) is 9.70. The average molecular weight is 491 g/mol. The lowest BCUT2D eigenvalue weighted by molar-refractivity contribution is 0.0352. The van der Waals surface area contributed by atoms with E-state index in [0.717, 1.165) is 12.4 Å². The van der Waals surface area contributed by atoms with E-state index in [9.17, 15) is 0 Å². The van der Waals surface area contributed by atoms with Gasteiger partial charge in [-0.15, -0.1) is 0 Å². The second kappa shape index (κ2) is 26.0. The van der Waals surface area contributed by atoms with Gasteiger partial charge in [0.1, 0.15) is 12.4 Å². The van der Waals surface area contributed by atoms with Crippen LogP contribution >= 0.6 is 0 Å². The molecule has 0 bridgehead atoms. The van der Waals surface area contributed by atoms with Crippen LogP contribution in [0.25, 0.3) is 0 Å². The van der Waals surface area contributed by atoms with Gasteiger partial charge in [0.15, 0.2) is 0 Å².